The molecule has 74 valence electrons. The van der Waals surface area contributed by atoms with Gasteiger partial charge < -0.3 is 14.3 Å². The third-order valence-corrected chi connectivity index (χ3v) is 1.49. The summed E-state index contributed by atoms with van der Waals surface area (Å²) in [5.41, 5.74) is 0. The second kappa shape index (κ2) is 7.34. The summed E-state index contributed by atoms with van der Waals surface area (Å²) in [6.07, 6.45) is 2.99. The summed E-state index contributed by atoms with van der Waals surface area (Å²) in [6.45, 7) is 3.51. The van der Waals surface area contributed by atoms with Crippen LogP contribution in [0.2, 0.25) is 0 Å². The molecule has 0 aliphatic carbocycles. The number of ether oxygens (including phenoxy) is 2. The second-order valence-electron chi connectivity index (χ2n) is 2.44. The van der Waals surface area contributed by atoms with Crippen LogP contribution in [-0.2, 0) is 14.3 Å². The molecule has 0 spiro atoms. The highest BCUT2D eigenvalue weighted by molar-refractivity contribution is 5.60. The first-order valence-electron chi connectivity index (χ1n) is 4.05. The van der Waals surface area contributed by atoms with Crippen LogP contribution < -0.4 is 0 Å². The minimum Gasteiger partial charge on any atom is -0.438 e. The van der Waals surface area contributed by atoms with E-state index in [1.165, 1.54) is 13.2 Å². The third kappa shape index (κ3) is 5.90. The standard InChI is InChI=1S/C9H14O4/c1-3-8(6-4-5-7-10)13-9(11)12-2/h3,7-8H,1,4-6H2,2H3. The van der Waals surface area contributed by atoms with E-state index in [1.54, 1.807) is 0 Å². The zero-order valence-corrected chi connectivity index (χ0v) is 7.69. The molecule has 4 heteroatoms. The predicted molar refractivity (Wildman–Crippen MR) is 47.4 cm³/mol. The van der Waals surface area contributed by atoms with Crippen LogP contribution in [0.25, 0.3) is 0 Å². The van der Waals surface area contributed by atoms with Gasteiger partial charge in [0.1, 0.15) is 12.4 Å². The molecule has 0 bridgehead atoms. The zero-order valence-electron chi connectivity index (χ0n) is 7.69. The van der Waals surface area contributed by atoms with Crippen LogP contribution in [0.1, 0.15) is 19.3 Å². The van der Waals surface area contributed by atoms with Crippen LogP contribution >= 0.6 is 0 Å². The molecule has 0 radical (unpaired) electrons. The maximum atomic E-state index is 10.7. The quantitative estimate of drug-likeness (QED) is 0.274. The highest BCUT2D eigenvalue weighted by Gasteiger charge is 2.09. The molecule has 0 amide bonds. The van der Waals surface area contributed by atoms with E-state index >= 15 is 0 Å². The Bertz CT molecular complexity index is 176. The fourth-order valence-corrected chi connectivity index (χ4v) is 0.799. The Morgan fingerprint density at radius 3 is 2.77 bits per heavy atom. The smallest absolute Gasteiger partial charge is 0.438 e. The van der Waals surface area contributed by atoms with Gasteiger partial charge in [-0.3, -0.25) is 0 Å². The van der Waals surface area contributed by atoms with Crippen LogP contribution in [0.3, 0.4) is 0 Å². The molecular formula is C9H14O4. The van der Waals surface area contributed by atoms with Crippen molar-refractivity contribution in [1.82, 2.24) is 0 Å². The fraction of sp³-hybridized carbons (Fsp3) is 0.556. The number of unbranched alkanes of at least 4 members (excludes halogenated alkanes) is 1. The van der Waals surface area contributed by atoms with Crippen molar-refractivity contribution >= 4 is 12.4 Å². The SMILES string of the molecule is C=CC(CCCC=O)OC(=O)OC. The van der Waals surface area contributed by atoms with Gasteiger partial charge in [0.2, 0.25) is 0 Å². The van der Waals surface area contributed by atoms with Crippen molar-refractivity contribution < 1.29 is 19.1 Å². The van der Waals surface area contributed by atoms with Gasteiger partial charge in [0.25, 0.3) is 0 Å². The lowest BCUT2D eigenvalue weighted by Gasteiger charge is -2.11. The van der Waals surface area contributed by atoms with E-state index in [0.717, 1.165) is 6.29 Å². The van der Waals surface area contributed by atoms with E-state index in [4.69, 9.17) is 4.74 Å². The number of hydrogen-bond donors (Lipinski definition) is 0. The van der Waals surface area contributed by atoms with Crippen molar-refractivity contribution in [3.05, 3.63) is 12.7 Å². The highest BCUT2D eigenvalue weighted by Crippen LogP contribution is 2.06. The fourth-order valence-electron chi connectivity index (χ4n) is 0.799. The lowest BCUT2D eigenvalue weighted by molar-refractivity contribution is -0.108. The van der Waals surface area contributed by atoms with E-state index < -0.39 is 6.16 Å². The van der Waals surface area contributed by atoms with Crippen molar-refractivity contribution in [2.24, 2.45) is 0 Å². The van der Waals surface area contributed by atoms with E-state index in [2.05, 4.69) is 11.3 Å². The van der Waals surface area contributed by atoms with Crippen molar-refractivity contribution in [3.63, 3.8) is 0 Å². The van der Waals surface area contributed by atoms with E-state index in [9.17, 15) is 9.59 Å². The molecule has 4 nitrogen and oxygen atoms in total. The summed E-state index contributed by atoms with van der Waals surface area (Å²) in [5, 5.41) is 0. The Kier molecular flexibility index (Phi) is 6.59. The average Bonchev–Trinajstić information content (AvgIpc) is 2.16. The third-order valence-electron chi connectivity index (χ3n) is 1.49. The number of methoxy groups -OCH3 is 1. The van der Waals surface area contributed by atoms with Gasteiger partial charge in [-0.15, -0.1) is 0 Å². The largest absolute Gasteiger partial charge is 0.508 e. The molecule has 1 unspecified atom stereocenters. The van der Waals surface area contributed by atoms with Gasteiger partial charge in [-0.2, -0.15) is 0 Å². The number of carbonyl (C=O) groups excluding carboxylic acids is 2. The van der Waals surface area contributed by atoms with E-state index in [0.29, 0.717) is 19.3 Å². The summed E-state index contributed by atoms with van der Waals surface area (Å²) in [4.78, 5) is 20.6. The van der Waals surface area contributed by atoms with Crippen LogP contribution in [0, 0.1) is 0 Å². The van der Waals surface area contributed by atoms with E-state index in [1.807, 2.05) is 0 Å². The minimum atomic E-state index is -0.726. The molecule has 0 saturated carbocycles. The molecule has 0 fully saturated rings. The molecule has 0 N–H and O–H groups in total. The van der Waals surface area contributed by atoms with Crippen LogP contribution in [0.4, 0.5) is 4.79 Å². The maximum Gasteiger partial charge on any atom is 0.508 e. The number of rotatable bonds is 6. The van der Waals surface area contributed by atoms with Gasteiger partial charge in [0.05, 0.1) is 7.11 Å². The summed E-state index contributed by atoms with van der Waals surface area (Å²) in [5.74, 6) is 0. The molecular weight excluding hydrogens is 172 g/mol. The Morgan fingerprint density at radius 2 is 2.31 bits per heavy atom. The molecule has 13 heavy (non-hydrogen) atoms. The second-order valence-corrected chi connectivity index (χ2v) is 2.44. The van der Waals surface area contributed by atoms with Crippen LogP contribution in [0.15, 0.2) is 12.7 Å². The molecule has 0 aromatic heterocycles. The zero-order chi connectivity index (χ0) is 10.1. The minimum absolute atomic E-state index is 0.368. The molecule has 0 aliphatic rings. The van der Waals surface area contributed by atoms with Gasteiger partial charge in [0.15, 0.2) is 0 Å². The van der Waals surface area contributed by atoms with Gasteiger partial charge >= 0.3 is 6.16 Å². The summed E-state index contributed by atoms with van der Waals surface area (Å²) in [7, 11) is 1.24. The lowest BCUT2D eigenvalue weighted by atomic mass is 10.1. The first-order valence-corrected chi connectivity index (χ1v) is 4.05. The Balaban J connectivity index is 3.68. The summed E-state index contributed by atoms with van der Waals surface area (Å²) < 4.78 is 9.11. The van der Waals surface area contributed by atoms with Crippen molar-refractivity contribution in [2.75, 3.05) is 7.11 Å². The Morgan fingerprint density at radius 1 is 1.62 bits per heavy atom. The molecule has 0 aromatic rings. The van der Waals surface area contributed by atoms with Gasteiger partial charge in [-0.1, -0.05) is 12.7 Å². The number of carbonyl (C=O) groups is 2. The maximum absolute atomic E-state index is 10.7. The van der Waals surface area contributed by atoms with Gasteiger partial charge in [0, 0.05) is 6.42 Å². The first-order chi connectivity index (χ1) is 6.24. The average molecular weight is 186 g/mol. The number of hydrogen-bond acceptors (Lipinski definition) is 4. The number of aldehydes is 1. The molecule has 0 aliphatic heterocycles. The Hall–Kier alpha value is -1.32. The van der Waals surface area contributed by atoms with Crippen molar-refractivity contribution in [2.45, 2.75) is 25.4 Å². The van der Waals surface area contributed by atoms with Crippen molar-refractivity contribution in [1.29, 1.82) is 0 Å². The van der Waals surface area contributed by atoms with Crippen LogP contribution in [-0.4, -0.2) is 25.7 Å². The van der Waals surface area contributed by atoms with E-state index in [-0.39, 0.29) is 6.10 Å². The molecule has 0 aromatic carbocycles. The molecule has 0 heterocycles. The Labute approximate surface area is 77.5 Å². The predicted octanol–water partition coefficient (Wildman–Crippen LogP) is 1.69. The van der Waals surface area contributed by atoms with Crippen LogP contribution in [0.5, 0.6) is 0 Å². The molecule has 0 saturated heterocycles. The van der Waals surface area contributed by atoms with Gasteiger partial charge in [-0.25, -0.2) is 4.79 Å². The topological polar surface area (TPSA) is 52.6 Å². The normalized spacial score (nSPS) is 11.5. The first kappa shape index (κ1) is 11.7. The monoisotopic (exact) mass is 186 g/mol. The van der Waals surface area contributed by atoms with Crippen molar-refractivity contribution in [3.8, 4) is 0 Å². The molecule has 1 atom stereocenters. The lowest BCUT2D eigenvalue weighted by Crippen LogP contribution is -2.15. The molecule has 0 rings (SSSR count). The summed E-state index contributed by atoms with van der Waals surface area (Å²) in [6, 6.07) is 0. The summed E-state index contributed by atoms with van der Waals surface area (Å²) >= 11 is 0. The van der Waals surface area contributed by atoms with Gasteiger partial charge in [-0.05, 0) is 12.8 Å². The highest BCUT2D eigenvalue weighted by atomic mass is 16.7.